The Bertz CT molecular complexity index is 601. The Morgan fingerprint density at radius 1 is 1.21 bits per heavy atom. The summed E-state index contributed by atoms with van der Waals surface area (Å²) in [7, 11) is 0. The van der Waals surface area contributed by atoms with Crippen LogP contribution in [0.15, 0.2) is 30.5 Å². The Labute approximate surface area is 111 Å². The highest BCUT2D eigenvalue weighted by atomic mass is 35.5. The van der Waals surface area contributed by atoms with E-state index in [9.17, 15) is 13.2 Å². The van der Waals surface area contributed by atoms with Gasteiger partial charge in [0.1, 0.15) is 0 Å². The average Bonchev–Trinajstić information content (AvgIpc) is 2.33. The topological polar surface area (TPSA) is 63.8 Å². The van der Waals surface area contributed by atoms with E-state index in [-0.39, 0.29) is 22.5 Å². The molecule has 4 nitrogen and oxygen atoms in total. The third-order valence-corrected chi connectivity index (χ3v) is 2.46. The van der Waals surface area contributed by atoms with Crippen molar-refractivity contribution < 1.29 is 13.2 Å². The number of benzene rings is 1. The Balaban J connectivity index is 2.41. The Morgan fingerprint density at radius 3 is 2.58 bits per heavy atom. The number of hydrogen-bond donors (Lipinski definition) is 2. The standard InChI is InChI=1S/C11H8ClF3N4/c12-10-17-5-7(16)9(19-10)18-8-4-2-1-3-6(8)11(13,14)15/h1-5H,16H2,(H,17,18,19). The number of nitrogens with two attached hydrogens (primary N) is 1. The summed E-state index contributed by atoms with van der Waals surface area (Å²) in [6, 6.07) is 5.00. The Hall–Kier alpha value is -2.02. The molecule has 1 aromatic carbocycles. The molecule has 19 heavy (non-hydrogen) atoms. The summed E-state index contributed by atoms with van der Waals surface area (Å²) in [6.45, 7) is 0. The maximum Gasteiger partial charge on any atom is 0.418 e. The summed E-state index contributed by atoms with van der Waals surface area (Å²) in [5, 5.41) is 2.40. The van der Waals surface area contributed by atoms with Crippen LogP contribution in [0.2, 0.25) is 5.28 Å². The minimum Gasteiger partial charge on any atom is -0.394 e. The minimum atomic E-state index is -4.48. The van der Waals surface area contributed by atoms with Gasteiger partial charge in [0.15, 0.2) is 5.82 Å². The normalized spacial score (nSPS) is 11.4. The van der Waals surface area contributed by atoms with E-state index < -0.39 is 11.7 Å². The fraction of sp³-hybridized carbons (Fsp3) is 0.0909. The van der Waals surface area contributed by atoms with Gasteiger partial charge in [-0.25, -0.2) is 4.98 Å². The van der Waals surface area contributed by atoms with Gasteiger partial charge >= 0.3 is 6.18 Å². The zero-order valence-electron chi connectivity index (χ0n) is 9.37. The van der Waals surface area contributed by atoms with Gasteiger partial charge in [-0.2, -0.15) is 18.2 Å². The molecule has 0 spiro atoms. The van der Waals surface area contributed by atoms with Crippen molar-refractivity contribution >= 4 is 28.8 Å². The molecule has 1 heterocycles. The highest BCUT2D eigenvalue weighted by Crippen LogP contribution is 2.36. The molecule has 2 aromatic rings. The van der Waals surface area contributed by atoms with Crippen molar-refractivity contribution in [1.82, 2.24) is 9.97 Å². The van der Waals surface area contributed by atoms with Crippen LogP contribution < -0.4 is 11.1 Å². The SMILES string of the molecule is Nc1cnc(Cl)nc1Nc1ccccc1C(F)(F)F. The highest BCUT2D eigenvalue weighted by Gasteiger charge is 2.33. The number of rotatable bonds is 2. The van der Waals surface area contributed by atoms with E-state index in [0.717, 1.165) is 6.07 Å². The third kappa shape index (κ3) is 3.05. The van der Waals surface area contributed by atoms with Crippen molar-refractivity contribution in [1.29, 1.82) is 0 Å². The van der Waals surface area contributed by atoms with Crippen LogP contribution in [-0.4, -0.2) is 9.97 Å². The molecule has 0 atom stereocenters. The van der Waals surface area contributed by atoms with Gasteiger partial charge in [-0.05, 0) is 23.7 Å². The van der Waals surface area contributed by atoms with Crippen molar-refractivity contribution in [2.75, 3.05) is 11.1 Å². The lowest BCUT2D eigenvalue weighted by Gasteiger charge is -2.14. The van der Waals surface area contributed by atoms with E-state index in [2.05, 4.69) is 15.3 Å². The first kappa shape index (κ1) is 13.4. The molecular weight excluding hydrogens is 281 g/mol. The fourth-order valence-electron chi connectivity index (χ4n) is 1.44. The van der Waals surface area contributed by atoms with Gasteiger partial charge in [0.05, 0.1) is 23.1 Å². The van der Waals surface area contributed by atoms with Crippen LogP contribution in [0.5, 0.6) is 0 Å². The Kier molecular flexibility index (Phi) is 3.48. The second-order valence-corrected chi connectivity index (χ2v) is 3.95. The molecule has 100 valence electrons. The van der Waals surface area contributed by atoms with Crippen LogP contribution in [0.4, 0.5) is 30.4 Å². The van der Waals surface area contributed by atoms with Crippen LogP contribution in [0, 0.1) is 0 Å². The first-order chi connectivity index (χ1) is 8.88. The number of aromatic nitrogens is 2. The van der Waals surface area contributed by atoms with E-state index in [4.69, 9.17) is 17.3 Å². The number of para-hydroxylation sites is 1. The number of hydrogen-bond acceptors (Lipinski definition) is 4. The lowest BCUT2D eigenvalue weighted by atomic mass is 10.1. The molecule has 3 N–H and O–H groups in total. The van der Waals surface area contributed by atoms with Crippen LogP contribution in [0.3, 0.4) is 0 Å². The molecule has 0 amide bonds. The third-order valence-electron chi connectivity index (χ3n) is 2.27. The molecule has 1 aromatic heterocycles. The second-order valence-electron chi connectivity index (χ2n) is 3.61. The molecule has 0 aliphatic carbocycles. The molecule has 0 radical (unpaired) electrons. The molecule has 0 unspecified atom stereocenters. The first-order valence-corrected chi connectivity index (χ1v) is 5.47. The molecule has 0 aliphatic heterocycles. The monoisotopic (exact) mass is 288 g/mol. The Morgan fingerprint density at radius 2 is 1.89 bits per heavy atom. The molecule has 2 rings (SSSR count). The number of alkyl halides is 3. The van der Waals surface area contributed by atoms with Crippen molar-refractivity contribution in [2.24, 2.45) is 0 Å². The molecule has 0 aliphatic rings. The fourth-order valence-corrected chi connectivity index (χ4v) is 1.57. The largest absolute Gasteiger partial charge is 0.418 e. The summed E-state index contributed by atoms with van der Waals surface area (Å²) in [5.74, 6) is 0.0247. The van der Waals surface area contributed by atoms with Crippen molar-refractivity contribution in [3.8, 4) is 0 Å². The van der Waals surface area contributed by atoms with Crippen LogP contribution in [0.25, 0.3) is 0 Å². The second kappa shape index (κ2) is 4.93. The van der Waals surface area contributed by atoms with Gasteiger partial charge in [0.2, 0.25) is 5.28 Å². The van der Waals surface area contributed by atoms with Gasteiger partial charge in [-0.1, -0.05) is 12.1 Å². The quantitative estimate of drug-likeness (QED) is 0.831. The number of nitrogens with zero attached hydrogens (tertiary/aromatic N) is 2. The van der Waals surface area contributed by atoms with Crippen LogP contribution in [-0.2, 0) is 6.18 Å². The molecular formula is C11H8ClF3N4. The maximum atomic E-state index is 12.8. The molecule has 0 bridgehead atoms. The van der Waals surface area contributed by atoms with Gasteiger partial charge in [-0.15, -0.1) is 0 Å². The van der Waals surface area contributed by atoms with E-state index in [0.29, 0.717) is 0 Å². The smallest absolute Gasteiger partial charge is 0.394 e. The van der Waals surface area contributed by atoms with Gasteiger partial charge < -0.3 is 11.1 Å². The summed E-state index contributed by atoms with van der Waals surface area (Å²) >= 11 is 5.57. The van der Waals surface area contributed by atoms with Crippen molar-refractivity contribution in [3.63, 3.8) is 0 Å². The number of nitrogen functional groups attached to an aromatic ring is 1. The maximum absolute atomic E-state index is 12.8. The lowest BCUT2D eigenvalue weighted by molar-refractivity contribution is -0.136. The van der Waals surface area contributed by atoms with E-state index in [1.165, 1.54) is 24.4 Å². The summed E-state index contributed by atoms with van der Waals surface area (Å²) < 4.78 is 38.4. The molecule has 0 saturated heterocycles. The lowest BCUT2D eigenvalue weighted by Crippen LogP contribution is -2.10. The summed E-state index contributed by atoms with van der Waals surface area (Å²) in [5.41, 5.74) is 4.70. The van der Waals surface area contributed by atoms with E-state index in [1.807, 2.05) is 0 Å². The van der Waals surface area contributed by atoms with Crippen molar-refractivity contribution in [2.45, 2.75) is 6.18 Å². The van der Waals surface area contributed by atoms with Gasteiger partial charge in [0.25, 0.3) is 0 Å². The molecule has 0 saturated carbocycles. The minimum absolute atomic E-state index is 0.0247. The van der Waals surface area contributed by atoms with E-state index in [1.54, 1.807) is 0 Å². The van der Waals surface area contributed by atoms with Crippen molar-refractivity contribution in [3.05, 3.63) is 41.3 Å². The van der Waals surface area contributed by atoms with Gasteiger partial charge in [0, 0.05) is 0 Å². The zero-order valence-corrected chi connectivity index (χ0v) is 10.1. The predicted molar refractivity (Wildman–Crippen MR) is 66.2 cm³/mol. The molecule has 8 heteroatoms. The summed E-state index contributed by atoms with van der Waals surface area (Å²) in [6.07, 6.45) is -3.26. The zero-order chi connectivity index (χ0) is 14.0. The van der Waals surface area contributed by atoms with Crippen LogP contribution in [0.1, 0.15) is 5.56 Å². The predicted octanol–water partition coefficient (Wildman–Crippen LogP) is 3.47. The summed E-state index contributed by atoms with van der Waals surface area (Å²) in [4.78, 5) is 7.36. The van der Waals surface area contributed by atoms with Crippen LogP contribution >= 0.6 is 11.6 Å². The average molecular weight is 289 g/mol. The number of nitrogens with one attached hydrogen (secondary N) is 1. The number of halogens is 4. The van der Waals surface area contributed by atoms with Gasteiger partial charge in [-0.3, -0.25) is 0 Å². The first-order valence-electron chi connectivity index (χ1n) is 5.09. The highest BCUT2D eigenvalue weighted by molar-refractivity contribution is 6.28. The molecule has 0 fully saturated rings. The number of anilines is 3. The van der Waals surface area contributed by atoms with E-state index >= 15 is 0 Å².